The minimum atomic E-state index is -4.42. The van der Waals surface area contributed by atoms with Gasteiger partial charge >= 0.3 is 6.18 Å². The normalized spacial score (nSPS) is 17.1. The van der Waals surface area contributed by atoms with E-state index in [1.54, 1.807) is 12.1 Å². The van der Waals surface area contributed by atoms with Gasteiger partial charge in [-0.3, -0.25) is 9.78 Å². The maximum Gasteiger partial charge on any atom is 0.416 e. The van der Waals surface area contributed by atoms with Crippen molar-refractivity contribution in [2.45, 2.75) is 35.8 Å². The Bertz CT molecular complexity index is 1290. The number of amides is 1. The second-order valence-electron chi connectivity index (χ2n) is 7.67. The number of alkyl halides is 3. The Hall–Kier alpha value is -2.47. The first-order chi connectivity index (χ1) is 16.1. The first kappa shape index (κ1) is 24.6. The number of hydrogen-bond acceptors (Lipinski definition) is 5. The summed E-state index contributed by atoms with van der Waals surface area (Å²) in [5.41, 5.74) is 0.889. The zero-order valence-corrected chi connectivity index (χ0v) is 19.9. The molecule has 0 bridgehead atoms. The third kappa shape index (κ3) is 5.27. The number of thiophene rings is 1. The predicted molar refractivity (Wildman–Crippen MR) is 123 cm³/mol. The fourth-order valence-corrected chi connectivity index (χ4v) is 6.99. The van der Waals surface area contributed by atoms with Crippen LogP contribution in [0.25, 0.3) is 11.3 Å². The highest BCUT2D eigenvalue weighted by Crippen LogP contribution is 2.33. The molecule has 0 saturated carbocycles. The zero-order valence-electron chi connectivity index (χ0n) is 17.5. The van der Waals surface area contributed by atoms with Crippen molar-refractivity contribution in [3.05, 3.63) is 70.2 Å². The minimum Gasteiger partial charge on any atom is -0.351 e. The van der Waals surface area contributed by atoms with Crippen LogP contribution in [0, 0.1) is 0 Å². The quantitative estimate of drug-likeness (QED) is 0.490. The van der Waals surface area contributed by atoms with Crippen LogP contribution in [-0.2, 0) is 27.5 Å². The standard InChI is InChI=1S/C22H19ClF3N3O3S2/c23-19-7-8-20(33-19)34(31,32)29-11-1-2-18(29)21(30)28-13-14-9-10-27-17(12-14)15-3-5-16(6-4-15)22(24,25)26/h3-10,12,18H,1-2,11,13H2,(H,28,30). The Labute approximate surface area is 203 Å². The van der Waals surface area contributed by atoms with Crippen LogP contribution in [0.3, 0.4) is 0 Å². The summed E-state index contributed by atoms with van der Waals surface area (Å²) in [5.74, 6) is -0.420. The predicted octanol–water partition coefficient (Wildman–Crippen LogP) is 4.95. The molecular weight excluding hydrogens is 511 g/mol. The molecule has 3 aromatic rings. The molecule has 1 aliphatic rings. The van der Waals surface area contributed by atoms with Crippen molar-refractivity contribution in [3.8, 4) is 11.3 Å². The molecule has 4 rings (SSSR count). The van der Waals surface area contributed by atoms with Crippen LogP contribution in [-0.4, -0.2) is 36.2 Å². The van der Waals surface area contributed by atoms with Crippen molar-refractivity contribution in [2.75, 3.05) is 6.54 Å². The third-order valence-corrected chi connectivity index (χ3v) is 9.02. The second-order valence-corrected chi connectivity index (χ2v) is 11.5. The van der Waals surface area contributed by atoms with E-state index in [1.165, 1.54) is 34.8 Å². The van der Waals surface area contributed by atoms with E-state index < -0.39 is 33.7 Å². The topological polar surface area (TPSA) is 79.4 Å². The number of nitrogens with zero attached hydrogens (tertiary/aromatic N) is 2. The molecule has 1 N–H and O–H groups in total. The number of pyridine rings is 1. The van der Waals surface area contributed by atoms with Crippen molar-refractivity contribution >= 4 is 38.9 Å². The average Bonchev–Trinajstić information content (AvgIpc) is 3.47. The third-order valence-electron chi connectivity index (χ3n) is 5.42. The molecular formula is C22H19ClF3N3O3S2. The number of hydrogen-bond donors (Lipinski definition) is 1. The fraction of sp³-hybridized carbons (Fsp3) is 0.273. The van der Waals surface area contributed by atoms with E-state index in [0.717, 1.165) is 23.5 Å². The number of carbonyl (C=O) groups excluding carboxylic acids is 1. The van der Waals surface area contributed by atoms with E-state index in [1.807, 2.05) is 0 Å². The smallest absolute Gasteiger partial charge is 0.351 e. The first-order valence-electron chi connectivity index (χ1n) is 10.2. The molecule has 180 valence electrons. The van der Waals surface area contributed by atoms with Gasteiger partial charge < -0.3 is 5.32 Å². The lowest BCUT2D eigenvalue weighted by atomic mass is 10.1. The van der Waals surface area contributed by atoms with Gasteiger partial charge in [0, 0.05) is 24.8 Å². The fourth-order valence-electron chi connectivity index (χ4n) is 3.72. The van der Waals surface area contributed by atoms with E-state index >= 15 is 0 Å². The molecule has 6 nitrogen and oxygen atoms in total. The number of halogens is 4. The van der Waals surface area contributed by atoms with Gasteiger partial charge in [-0.1, -0.05) is 23.7 Å². The van der Waals surface area contributed by atoms with Gasteiger partial charge in [0.05, 0.1) is 15.6 Å². The lowest BCUT2D eigenvalue weighted by Gasteiger charge is -2.22. The molecule has 0 spiro atoms. The molecule has 1 aromatic carbocycles. The van der Waals surface area contributed by atoms with Crippen LogP contribution in [0.5, 0.6) is 0 Å². The average molecular weight is 530 g/mol. The summed E-state index contributed by atoms with van der Waals surface area (Å²) in [5, 5.41) is 2.76. The van der Waals surface area contributed by atoms with E-state index in [2.05, 4.69) is 10.3 Å². The van der Waals surface area contributed by atoms with Gasteiger partial charge in [-0.05, 0) is 54.8 Å². The van der Waals surface area contributed by atoms with E-state index in [4.69, 9.17) is 11.6 Å². The summed E-state index contributed by atoms with van der Waals surface area (Å²) in [6.07, 6.45) is -1.96. The molecule has 1 fully saturated rings. The Morgan fingerprint density at radius 1 is 1.18 bits per heavy atom. The zero-order chi connectivity index (χ0) is 24.5. The molecule has 34 heavy (non-hydrogen) atoms. The van der Waals surface area contributed by atoms with Crippen LogP contribution >= 0.6 is 22.9 Å². The molecule has 0 aliphatic carbocycles. The van der Waals surface area contributed by atoms with Crippen molar-refractivity contribution in [1.82, 2.24) is 14.6 Å². The van der Waals surface area contributed by atoms with E-state index in [0.29, 0.717) is 34.0 Å². The van der Waals surface area contributed by atoms with Crippen LogP contribution in [0.1, 0.15) is 24.0 Å². The molecule has 3 heterocycles. The molecule has 2 aromatic heterocycles. The number of nitrogens with one attached hydrogen (secondary N) is 1. The van der Waals surface area contributed by atoms with Crippen molar-refractivity contribution in [1.29, 1.82) is 0 Å². The molecule has 1 amide bonds. The van der Waals surface area contributed by atoms with Gasteiger partial charge in [0.1, 0.15) is 10.3 Å². The van der Waals surface area contributed by atoms with Crippen LogP contribution in [0.2, 0.25) is 4.34 Å². The van der Waals surface area contributed by atoms with Crippen LogP contribution in [0.15, 0.2) is 58.9 Å². The highest BCUT2D eigenvalue weighted by Gasteiger charge is 2.40. The van der Waals surface area contributed by atoms with Crippen molar-refractivity contribution < 1.29 is 26.4 Å². The minimum absolute atomic E-state index is 0.0903. The Balaban J connectivity index is 1.44. The SMILES string of the molecule is O=C(NCc1ccnc(-c2ccc(C(F)(F)F)cc2)c1)C1CCCN1S(=O)(=O)c1ccc(Cl)s1. The van der Waals surface area contributed by atoms with Gasteiger partial charge in [0.25, 0.3) is 10.0 Å². The number of rotatable bonds is 6. The first-order valence-corrected chi connectivity index (χ1v) is 12.9. The molecule has 1 saturated heterocycles. The number of aromatic nitrogens is 1. The molecule has 1 unspecified atom stereocenters. The van der Waals surface area contributed by atoms with Crippen molar-refractivity contribution in [3.63, 3.8) is 0 Å². The summed E-state index contributed by atoms with van der Waals surface area (Å²) in [6.45, 7) is 0.355. The second kappa shape index (κ2) is 9.65. The van der Waals surface area contributed by atoms with Crippen LogP contribution < -0.4 is 5.32 Å². The van der Waals surface area contributed by atoms with Crippen molar-refractivity contribution in [2.24, 2.45) is 0 Å². The Kier molecular flexibility index (Phi) is 6.99. The summed E-state index contributed by atoms with van der Waals surface area (Å²) in [7, 11) is -3.84. The lowest BCUT2D eigenvalue weighted by Crippen LogP contribution is -2.45. The highest BCUT2D eigenvalue weighted by molar-refractivity contribution is 7.91. The number of benzene rings is 1. The summed E-state index contributed by atoms with van der Waals surface area (Å²) in [4.78, 5) is 17.0. The lowest BCUT2D eigenvalue weighted by molar-refractivity contribution is -0.137. The summed E-state index contributed by atoms with van der Waals surface area (Å²) in [6, 6.07) is 10.1. The maximum absolute atomic E-state index is 12.9. The maximum atomic E-state index is 12.9. The van der Waals surface area contributed by atoms with E-state index in [9.17, 15) is 26.4 Å². The largest absolute Gasteiger partial charge is 0.416 e. The highest BCUT2D eigenvalue weighted by atomic mass is 35.5. The Morgan fingerprint density at radius 2 is 1.91 bits per heavy atom. The van der Waals surface area contributed by atoms with Gasteiger partial charge in [0.15, 0.2) is 0 Å². The molecule has 1 aliphatic heterocycles. The Morgan fingerprint density at radius 3 is 2.56 bits per heavy atom. The molecule has 0 radical (unpaired) electrons. The molecule has 1 atom stereocenters. The van der Waals surface area contributed by atoms with E-state index in [-0.39, 0.29) is 17.3 Å². The van der Waals surface area contributed by atoms with Gasteiger partial charge in [0.2, 0.25) is 5.91 Å². The number of carbonyl (C=O) groups is 1. The molecule has 12 heteroatoms. The summed E-state index contributed by atoms with van der Waals surface area (Å²) >= 11 is 6.82. The van der Waals surface area contributed by atoms with Gasteiger partial charge in [-0.15, -0.1) is 11.3 Å². The monoisotopic (exact) mass is 529 g/mol. The number of sulfonamides is 1. The summed E-state index contributed by atoms with van der Waals surface area (Å²) < 4.78 is 65.9. The van der Waals surface area contributed by atoms with Gasteiger partial charge in [-0.25, -0.2) is 8.42 Å². The van der Waals surface area contributed by atoms with Crippen LogP contribution in [0.4, 0.5) is 13.2 Å². The van der Waals surface area contributed by atoms with Gasteiger partial charge in [-0.2, -0.15) is 17.5 Å².